The summed E-state index contributed by atoms with van der Waals surface area (Å²) in [5, 5.41) is 8.51. The minimum Gasteiger partial charge on any atom is -0.384 e. The molecule has 1 aromatic carbocycles. The van der Waals surface area contributed by atoms with E-state index in [0.717, 1.165) is 27.6 Å². The van der Waals surface area contributed by atoms with Crippen molar-refractivity contribution in [2.75, 3.05) is 0 Å². The maximum Gasteiger partial charge on any atom is 0.122 e. The van der Waals surface area contributed by atoms with Crippen LogP contribution >= 0.6 is 0 Å². The van der Waals surface area contributed by atoms with E-state index in [-0.39, 0.29) is 5.84 Å². The summed E-state index contributed by atoms with van der Waals surface area (Å²) in [7, 11) is 0. The lowest BCUT2D eigenvalue weighted by atomic mass is 10.0. The fourth-order valence-corrected chi connectivity index (χ4v) is 1.72. The molecule has 0 radical (unpaired) electrons. The number of nitrogens with one attached hydrogen (secondary N) is 1. The molecule has 0 aliphatic heterocycles. The maximum absolute atomic E-state index is 7.44. The van der Waals surface area contributed by atoms with Crippen LogP contribution in [0, 0.1) is 19.3 Å². The van der Waals surface area contributed by atoms with Crippen LogP contribution < -0.4 is 5.73 Å². The molecule has 3 nitrogen and oxygen atoms in total. The molecule has 15 heavy (non-hydrogen) atoms. The second-order valence-electron chi connectivity index (χ2n) is 3.73. The van der Waals surface area contributed by atoms with Crippen LogP contribution in [0.4, 0.5) is 0 Å². The molecule has 0 aliphatic carbocycles. The lowest BCUT2D eigenvalue weighted by Crippen LogP contribution is -2.11. The molecule has 0 fully saturated rings. The second-order valence-corrected chi connectivity index (χ2v) is 3.73. The van der Waals surface area contributed by atoms with E-state index in [0.29, 0.717) is 0 Å². The van der Waals surface area contributed by atoms with Crippen LogP contribution in [-0.4, -0.2) is 10.8 Å². The predicted octanol–water partition coefficient (Wildman–Crippen LogP) is 2.14. The number of benzene rings is 1. The Morgan fingerprint density at radius 3 is 2.67 bits per heavy atom. The molecule has 0 spiro atoms. The molecule has 1 heterocycles. The van der Waals surface area contributed by atoms with Crippen molar-refractivity contribution in [1.82, 2.24) is 4.98 Å². The monoisotopic (exact) mass is 199 g/mol. The van der Waals surface area contributed by atoms with Crippen molar-refractivity contribution >= 4 is 16.7 Å². The zero-order chi connectivity index (χ0) is 11.0. The van der Waals surface area contributed by atoms with Crippen LogP contribution in [0.1, 0.15) is 16.7 Å². The van der Waals surface area contributed by atoms with Gasteiger partial charge in [-0.25, -0.2) is 0 Å². The molecule has 0 atom stereocenters. The Morgan fingerprint density at radius 2 is 2.00 bits per heavy atom. The minimum atomic E-state index is 0.100. The van der Waals surface area contributed by atoms with Crippen LogP contribution in [0.2, 0.25) is 0 Å². The van der Waals surface area contributed by atoms with Gasteiger partial charge >= 0.3 is 0 Å². The fourth-order valence-electron chi connectivity index (χ4n) is 1.72. The highest BCUT2D eigenvalue weighted by Gasteiger charge is 2.05. The van der Waals surface area contributed by atoms with Crippen molar-refractivity contribution in [3.63, 3.8) is 0 Å². The van der Waals surface area contributed by atoms with Crippen molar-refractivity contribution in [2.45, 2.75) is 13.8 Å². The van der Waals surface area contributed by atoms with E-state index in [4.69, 9.17) is 11.1 Å². The lowest BCUT2D eigenvalue weighted by Gasteiger charge is -2.07. The van der Waals surface area contributed by atoms with E-state index in [9.17, 15) is 0 Å². The predicted molar refractivity (Wildman–Crippen MR) is 62.2 cm³/mol. The van der Waals surface area contributed by atoms with Crippen LogP contribution in [0.25, 0.3) is 10.9 Å². The molecule has 0 saturated heterocycles. The minimum absolute atomic E-state index is 0.100. The summed E-state index contributed by atoms with van der Waals surface area (Å²) in [6, 6.07) is 5.79. The maximum atomic E-state index is 7.44. The molecule has 0 aliphatic rings. The van der Waals surface area contributed by atoms with Gasteiger partial charge in [0.2, 0.25) is 0 Å². The van der Waals surface area contributed by atoms with Crippen LogP contribution in [0.5, 0.6) is 0 Å². The standard InChI is InChI=1S/C12H13N3/c1-7-3-4-15-11-8(2)5-9(12(13)14)6-10(7)11/h3-6H,1-2H3,(H3,13,14). The smallest absolute Gasteiger partial charge is 0.122 e. The molecule has 2 aromatic rings. The molecule has 0 unspecified atom stereocenters. The molecule has 3 N–H and O–H groups in total. The first-order chi connectivity index (χ1) is 7.09. The number of hydrogen-bond donors (Lipinski definition) is 2. The van der Waals surface area contributed by atoms with Crippen LogP contribution in [0.3, 0.4) is 0 Å². The average molecular weight is 199 g/mol. The molecule has 0 saturated carbocycles. The molecular weight excluding hydrogens is 186 g/mol. The summed E-state index contributed by atoms with van der Waals surface area (Å²) in [4.78, 5) is 4.33. The summed E-state index contributed by atoms with van der Waals surface area (Å²) < 4.78 is 0. The zero-order valence-corrected chi connectivity index (χ0v) is 8.83. The van der Waals surface area contributed by atoms with E-state index in [1.807, 2.05) is 32.0 Å². The second kappa shape index (κ2) is 3.35. The third-order valence-corrected chi connectivity index (χ3v) is 2.56. The van der Waals surface area contributed by atoms with Gasteiger partial charge in [0, 0.05) is 17.1 Å². The van der Waals surface area contributed by atoms with Crippen molar-refractivity contribution in [1.29, 1.82) is 5.41 Å². The van der Waals surface area contributed by atoms with Gasteiger partial charge in [-0.15, -0.1) is 0 Å². The van der Waals surface area contributed by atoms with Gasteiger partial charge in [-0.2, -0.15) is 0 Å². The fraction of sp³-hybridized carbons (Fsp3) is 0.167. The van der Waals surface area contributed by atoms with Gasteiger partial charge in [-0.1, -0.05) is 0 Å². The molecule has 1 aromatic heterocycles. The van der Waals surface area contributed by atoms with Crippen molar-refractivity contribution in [3.05, 3.63) is 41.1 Å². The first kappa shape index (κ1) is 9.65. The largest absolute Gasteiger partial charge is 0.384 e. The quantitative estimate of drug-likeness (QED) is 0.546. The zero-order valence-electron chi connectivity index (χ0n) is 8.83. The number of pyridine rings is 1. The van der Waals surface area contributed by atoms with Gasteiger partial charge in [0.1, 0.15) is 5.84 Å². The van der Waals surface area contributed by atoms with E-state index in [2.05, 4.69) is 4.98 Å². The van der Waals surface area contributed by atoms with Crippen LogP contribution in [-0.2, 0) is 0 Å². The highest BCUT2D eigenvalue weighted by atomic mass is 14.7. The molecule has 0 bridgehead atoms. The van der Waals surface area contributed by atoms with E-state index in [1.165, 1.54) is 0 Å². The highest BCUT2D eigenvalue weighted by Crippen LogP contribution is 2.21. The number of aromatic nitrogens is 1. The Hall–Kier alpha value is -1.90. The topological polar surface area (TPSA) is 62.8 Å². The van der Waals surface area contributed by atoms with Crippen molar-refractivity contribution < 1.29 is 0 Å². The molecule has 3 heteroatoms. The summed E-state index contributed by atoms with van der Waals surface area (Å²) in [5.74, 6) is 0.100. The third kappa shape index (κ3) is 1.56. The first-order valence-corrected chi connectivity index (χ1v) is 4.80. The van der Waals surface area contributed by atoms with Gasteiger partial charge in [0.25, 0.3) is 0 Å². The summed E-state index contributed by atoms with van der Waals surface area (Å²) >= 11 is 0. The van der Waals surface area contributed by atoms with E-state index < -0.39 is 0 Å². The Labute approximate surface area is 88.5 Å². The van der Waals surface area contributed by atoms with Gasteiger partial charge in [0.05, 0.1) is 5.52 Å². The van der Waals surface area contributed by atoms with Crippen molar-refractivity contribution in [3.8, 4) is 0 Å². The summed E-state index contributed by atoms with van der Waals surface area (Å²) in [6.07, 6.45) is 1.80. The summed E-state index contributed by atoms with van der Waals surface area (Å²) in [6.45, 7) is 4.02. The van der Waals surface area contributed by atoms with E-state index >= 15 is 0 Å². The van der Waals surface area contributed by atoms with Gasteiger partial charge in [-0.3, -0.25) is 10.4 Å². The third-order valence-electron chi connectivity index (χ3n) is 2.56. The van der Waals surface area contributed by atoms with Gasteiger partial charge in [-0.05, 0) is 43.2 Å². The number of amidine groups is 1. The molecule has 2 rings (SSSR count). The molecular formula is C12H13N3. The number of fused-ring (bicyclic) bond motifs is 1. The van der Waals surface area contributed by atoms with Crippen molar-refractivity contribution in [2.24, 2.45) is 5.73 Å². The normalized spacial score (nSPS) is 10.5. The number of hydrogen-bond acceptors (Lipinski definition) is 2. The van der Waals surface area contributed by atoms with Gasteiger partial charge in [0.15, 0.2) is 0 Å². The highest BCUT2D eigenvalue weighted by molar-refractivity contribution is 6.00. The SMILES string of the molecule is Cc1ccnc2c(C)cc(C(=N)N)cc12. The Balaban J connectivity index is 2.85. The van der Waals surface area contributed by atoms with Gasteiger partial charge < -0.3 is 5.73 Å². The number of rotatable bonds is 1. The lowest BCUT2D eigenvalue weighted by molar-refractivity contribution is 1.32. The summed E-state index contributed by atoms with van der Waals surface area (Å²) in [5.41, 5.74) is 9.45. The molecule has 0 amide bonds. The first-order valence-electron chi connectivity index (χ1n) is 4.80. The van der Waals surface area contributed by atoms with Crippen LogP contribution in [0.15, 0.2) is 24.4 Å². The van der Waals surface area contributed by atoms with E-state index in [1.54, 1.807) is 6.20 Å². The Kier molecular flexibility index (Phi) is 2.15. The number of nitrogens with two attached hydrogens (primary N) is 1. The number of nitrogens with zero attached hydrogens (tertiary/aromatic N) is 1. The molecule has 76 valence electrons. The number of nitrogen functional groups attached to an aromatic ring is 1. The Bertz CT molecular complexity index is 544. The average Bonchev–Trinajstić information content (AvgIpc) is 2.19. The number of aryl methyl sites for hydroxylation is 2. The Morgan fingerprint density at radius 1 is 1.27 bits per heavy atom.